The van der Waals surface area contributed by atoms with E-state index < -0.39 is 0 Å². The maximum Gasteiger partial charge on any atom is 0.129 e. The van der Waals surface area contributed by atoms with Crippen LogP contribution in [0.3, 0.4) is 0 Å². The first-order valence-corrected chi connectivity index (χ1v) is 13.5. The maximum absolute atomic E-state index is 5.02. The van der Waals surface area contributed by atoms with Crippen LogP contribution >= 0.6 is 0 Å². The molecule has 3 aliphatic rings. The van der Waals surface area contributed by atoms with E-state index >= 15 is 0 Å². The molecule has 3 saturated heterocycles. The van der Waals surface area contributed by atoms with Crippen LogP contribution < -0.4 is 15.5 Å². The predicted molar refractivity (Wildman–Crippen MR) is 142 cm³/mol. The van der Waals surface area contributed by atoms with E-state index in [0.29, 0.717) is 18.0 Å². The van der Waals surface area contributed by atoms with Gasteiger partial charge in [0.15, 0.2) is 0 Å². The number of piperidine rings is 1. The normalized spacial score (nSPS) is 23.2. The lowest BCUT2D eigenvalue weighted by molar-refractivity contribution is 0.493. The van der Waals surface area contributed by atoms with Crippen LogP contribution in [0.5, 0.6) is 0 Å². The highest BCUT2D eigenvalue weighted by Crippen LogP contribution is 2.32. The number of imidazole rings is 2. The van der Waals surface area contributed by atoms with E-state index in [2.05, 4.69) is 72.0 Å². The molecule has 4 N–H and O–H groups in total. The highest BCUT2D eigenvalue weighted by Gasteiger charge is 2.25. The Balaban J connectivity index is 1.03. The van der Waals surface area contributed by atoms with Crippen molar-refractivity contribution >= 4 is 16.7 Å². The van der Waals surface area contributed by atoms with Crippen LogP contribution in [-0.2, 0) is 0 Å². The molecule has 6 heterocycles. The van der Waals surface area contributed by atoms with E-state index in [1.165, 1.54) is 25.0 Å². The van der Waals surface area contributed by atoms with Gasteiger partial charge in [0, 0.05) is 41.8 Å². The largest absolute Gasteiger partial charge is 0.357 e. The number of hydrogen-bond donors (Lipinski definition) is 4. The number of H-pyrrole nitrogens is 2. The molecule has 0 saturated carbocycles. The summed E-state index contributed by atoms with van der Waals surface area (Å²) in [6, 6.07) is 11.6. The fraction of sp³-hybridized carbons (Fsp3) is 0.464. The number of benzene rings is 1. The Morgan fingerprint density at radius 3 is 2.28 bits per heavy atom. The quantitative estimate of drug-likeness (QED) is 0.332. The molecular formula is C28H34N8. The highest BCUT2D eigenvalue weighted by atomic mass is 15.2. The number of hydrogen-bond acceptors (Lipinski definition) is 6. The third-order valence-electron chi connectivity index (χ3n) is 8.24. The molecule has 7 rings (SSSR count). The van der Waals surface area contributed by atoms with Crippen molar-refractivity contribution in [3.63, 3.8) is 0 Å². The van der Waals surface area contributed by atoms with Crippen LogP contribution in [0.1, 0.15) is 73.9 Å². The lowest BCUT2D eigenvalue weighted by Crippen LogP contribution is -2.33. The summed E-state index contributed by atoms with van der Waals surface area (Å²) >= 11 is 0. The Bertz CT molecular complexity index is 1340. The maximum atomic E-state index is 5.02. The number of anilines is 1. The number of aromatic nitrogens is 5. The second kappa shape index (κ2) is 9.33. The Kier molecular flexibility index (Phi) is 5.70. The smallest absolute Gasteiger partial charge is 0.129 e. The molecule has 3 fully saturated rings. The lowest BCUT2D eigenvalue weighted by atomic mass is 9.94. The molecule has 2 atom stereocenters. The molecule has 0 aliphatic carbocycles. The highest BCUT2D eigenvalue weighted by molar-refractivity contribution is 5.85. The van der Waals surface area contributed by atoms with Gasteiger partial charge in [0.25, 0.3) is 0 Å². The van der Waals surface area contributed by atoms with Crippen molar-refractivity contribution in [2.24, 2.45) is 0 Å². The van der Waals surface area contributed by atoms with Gasteiger partial charge >= 0.3 is 0 Å². The molecule has 36 heavy (non-hydrogen) atoms. The van der Waals surface area contributed by atoms with Gasteiger partial charge in [-0.15, -0.1) is 0 Å². The van der Waals surface area contributed by atoms with Gasteiger partial charge in [-0.2, -0.15) is 0 Å². The first kappa shape index (κ1) is 22.0. The molecule has 8 nitrogen and oxygen atoms in total. The molecule has 0 bridgehead atoms. The molecule has 0 amide bonds. The van der Waals surface area contributed by atoms with Crippen LogP contribution in [0, 0.1) is 0 Å². The summed E-state index contributed by atoms with van der Waals surface area (Å²) < 4.78 is 0. The van der Waals surface area contributed by atoms with Gasteiger partial charge in [-0.1, -0.05) is 6.07 Å². The van der Waals surface area contributed by atoms with Gasteiger partial charge in [-0.3, -0.25) is 0 Å². The van der Waals surface area contributed by atoms with E-state index in [-0.39, 0.29) is 0 Å². The summed E-state index contributed by atoms with van der Waals surface area (Å²) in [5, 5.41) is 8.21. The average Bonchev–Trinajstić information content (AvgIpc) is 3.75. The fourth-order valence-electron chi connectivity index (χ4n) is 6.11. The topological polar surface area (TPSA) is 97.6 Å². The molecule has 4 aromatic rings. The Morgan fingerprint density at radius 2 is 1.53 bits per heavy atom. The molecule has 8 heteroatoms. The van der Waals surface area contributed by atoms with Gasteiger partial charge in [-0.05, 0) is 75.9 Å². The molecule has 3 aliphatic heterocycles. The first-order chi connectivity index (χ1) is 17.8. The third-order valence-corrected chi connectivity index (χ3v) is 8.24. The molecule has 186 valence electrons. The van der Waals surface area contributed by atoms with Crippen LogP contribution in [0.4, 0.5) is 5.82 Å². The number of aromatic amines is 2. The van der Waals surface area contributed by atoms with Crippen molar-refractivity contribution in [1.82, 2.24) is 35.6 Å². The average molecular weight is 483 g/mol. The van der Waals surface area contributed by atoms with Crippen molar-refractivity contribution in [2.45, 2.75) is 56.5 Å². The van der Waals surface area contributed by atoms with Crippen LogP contribution in [-0.4, -0.2) is 51.1 Å². The SMILES string of the molecule is c1cc2nc(N3CCC(c4cnc([C@@H]5CCCN5)[nH]4)CC3)ccc2cc1-c1cnc([C@@H]2CCCN2)[nH]1. The third kappa shape index (κ3) is 4.18. The molecule has 1 aromatic carbocycles. The predicted octanol–water partition coefficient (Wildman–Crippen LogP) is 4.58. The summed E-state index contributed by atoms with van der Waals surface area (Å²) in [4.78, 5) is 23.9. The summed E-state index contributed by atoms with van der Waals surface area (Å²) in [7, 11) is 0. The number of fused-ring (bicyclic) bond motifs is 1. The number of nitrogens with zero attached hydrogens (tertiary/aromatic N) is 4. The van der Waals surface area contributed by atoms with E-state index in [1.807, 2.05) is 6.20 Å². The summed E-state index contributed by atoms with van der Waals surface area (Å²) in [6.07, 6.45) is 11.0. The summed E-state index contributed by atoms with van der Waals surface area (Å²) in [5.74, 6) is 3.78. The summed E-state index contributed by atoms with van der Waals surface area (Å²) in [5.41, 5.74) is 4.56. The first-order valence-electron chi connectivity index (χ1n) is 13.5. The van der Waals surface area contributed by atoms with Crippen molar-refractivity contribution < 1.29 is 0 Å². The molecule has 0 spiro atoms. The monoisotopic (exact) mass is 482 g/mol. The second-order valence-electron chi connectivity index (χ2n) is 10.5. The Labute approximate surface area is 211 Å². The van der Waals surface area contributed by atoms with Gasteiger partial charge in [0.05, 0.1) is 29.5 Å². The van der Waals surface area contributed by atoms with E-state index in [4.69, 9.17) is 4.98 Å². The fourth-order valence-corrected chi connectivity index (χ4v) is 6.11. The molecule has 0 radical (unpaired) electrons. The minimum atomic E-state index is 0.354. The Hall–Kier alpha value is -3.23. The van der Waals surface area contributed by atoms with Crippen LogP contribution in [0.25, 0.3) is 22.2 Å². The van der Waals surface area contributed by atoms with Gasteiger partial charge in [0.2, 0.25) is 0 Å². The lowest BCUT2D eigenvalue weighted by Gasteiger charge is -2.32. The number of rotatable bonds is 5. The van der Waals surface area contributed by atoms with Gasteiger partial charge < -0.3 is 25.5 Å². The zero-order chi connectivity index (χ0) is 23.9. The van der Waals surface area contributed by atoms with Crippen molar-refractivity contribution in [3.05, 3.63) is 60.1 Å². The van der Waals surface area contributed by atoms with Crippen LogP contribution in [0.2, 0.25) is 0 Å². The molecule has 0 unspecified atom stereocenters. The number of nitrogens with one attached hydrogen (secondary N) is 4. The molecule has 3 aromatic heterocycles. The zero-order valence-electron chi connectivity index (χ0n) is 20.6. The second-order valence-corrected chi connectivity index (χ2v) is 10.5. The van der Waals surface area contributed by atoms with Gasteiger partial charge in [0.1, 0.15) is 17.5 Å². The zero-order valence-corrected chi connectivity index (χ0v) is 20.6. The van der Waals surface area contributed by atoms with E-state index in [1.54, 1.807) is 0 Å². The Morgan fingerprint density at radius 1 is 0.778 bits per heavy atom. The van der Waals surface area contributed by atoms with Crippen molar-refractivity contribution in [1.29, 1.82) is 0 Å². The summed E-state index contributed by atoms with van der Waals surface area (Å²) in [6.45, 7) is 4.21. The van der Waals surface area contributed by atoms with Crippen molar-refractivity contribution in [2.75, 3.05) is 31.1 Å². The minimum Gasteiger partial charge on any atom is -0.357 e. The van der Waals surface area contributed by atoms with E-state index in [0.717, 1.165) is 85.1 Å². The molecular weight excluding hydrogens is 448 g/mol. The van der Waals surface area contributed by atoms with Crippen LogP contribution in [0.15, 0.2) is 42.7 Å². The van der Waals surface area contributed by atoms with Gasteiger partial charge in [-0.25, -0.2) is 15.0 Å². The minimum absolute atomic E-state index is 0.354. The standard InChI is InChI=1S/C28H34N8/c1-3-22(29-11-1)27-31-16-24(34-27)18-9-13-36(14-10-18)26-8-6-19-15-20(5-7-21(19)33-26)25-17-32-28(35-25)23-4-2-12-30-23/h5-8,15-18,22-23,29-30H,1-4,9-14H2,(H,31,34)(H,32,35)/t22-,23-/m0/s1. The van der Waals surface area contributed by atoms with Crippen molar-refractivity contribution in [3.8, 4) is 11.3 Å². The number of pyridine rings is 1. The van der Waals surface area contributed by atoms with E-state index in [9.17, 15) is 0 Å².